The minimum absolute atomic E-state index is 0.260. The van der Waals surface area contributed by atoms with Crippen molar-refractivity contribution in [3.63, 3.8) is 0 Å². The first-order chi connectivity index (χ1) is 13.7. The number of aryl methyl sites for hydroxylation is 2. The Labute approximate surface area is 166 Å². The Hall–Kier alpha value is -2.87. The summed E-state index contributed by atoms with van der Waals surface area (Å²) in [6.45, 7) is 2.98. The molecule has 3 heterocycles. The topological polar surface area (TPSA) is 82.6 Å². The van der Waals surface area contributed by atoms with Crippen LogP contribution in [0.4, 0.5) is 5.82 Å². The van der Waals surface area contributed by atoms with E-state index < -0.39 is 0 Å². The zero-order chi connectivity index (χ0) is 19.5. The molecule has 1 aliphatic rings. The molecule has 7 nitrogen and oxygen atoms in total. The Morgan fingerprint density at radius 3 is 2.93 bits per heavy atom. The van der Waals surface area contributed by atoms with Crippen LogP contribution in [-0.2, 0) is 28.9 Å². The molecule has 0 fully saturated rings. The Kier molecular flexibility index (Phi) is 5.29. The van der Waals surface area contributed by atoms with Crippen LogP contribution in [0.15, 0.2) is 24.3 Å². The number of nitrogens with zero attached hydrogens (tertiary/aromatic N) is 2. The second kappa shape index (κ2) is 8.02. The van der Waals surface area contributed by atoms with Crippen LogP contribution in [0.3, 0.4) is 0 Å². The van der Waals surface area contributed by atoms with Crippen LogP contribution in [0.5, 0.6) is 11.5 Å². The standard InChI is InChI=1S/C20H21N3O4S/c1-3-13-9-14-19(21-10-12-4-5-15-16(8-12)27-11-26-15)22-17(23-20(14)28-13)6-7-18(24)25-2/h4-5,8-9H,3,6-7,10-11H2,1-2H3,(H,21,22,23). The maximum absolute atomic E-state index is 11.5. The Morgan fingerprint density at radius 1 is 1.25 bits per heavy atom. The quantitative estimate of drug-likeness (QED) is 0.607. The minimum Gasteiger partial charge on any atom is -0.469 e. The first kappa shape index (κ1) is 18.5. The summed E-state index contributed by atoms with van der Waals surface area (Å²) in [6.07, 6.45) is 1.65. The monoisotopic (exact) mass is 399 g/mol. The molecule has 1 N–H and O–H groups in total. The molecular weight excluding hydrogens is 378 g/mol. The number of benzene rings is 1. The summed E-state index contributed by atoms with van der Waals surface area (Å²) in [6, 6.07) is 8.02. The first-order valence-corrected chi connectivity index (χ1v) is 9.96. The Balaban J connectivity index is 1.58. The number of hydrogen-bond acceptors (Lipinski definition) is 8. The van der Waals surface area contributed by atoms with E-state index in [4.69, 9.17) is 14.2 Å². The molecule has 0 spiro atoms. The lowest BCUT2D eigenvalue weighted by Gasteiger charge is -2.09. The molecule has 0 saturated carbocycles. The first-order valence-electron chi connectivity index (χ1n) is 9.15. The summed E-state index contributed by atoms with van der Waals surface area (Å²) in [4.78, 5) is 23.0. The number of thiophene rings is 1. The maximum Gasteiger partial charge on any atom is 0.305 e. The van der Waals surface area contributed by atoms with Crippen LogP contribution in [-0.4, -0.2) is 29.8 Å². The number of carbonyl (C=O) groups is 1. The Bertz CT molecular complexity index is 1020. The number of aromatic nitrogens is 2. The van der Waals surface area contributed by atoms with Gasteiger partial charge in [-0.3, -0.25) is 4.79 Å². The van der Waals surface area contributed by atoms with Gasteiger partial charge in [0, 0.05) is 17.8 Å². The van der Waals surface area contributed by atoms with E-state index in [2.05, 4.69) is 28.3 Å². The van der Waals surface area contributed by atoms with Crippen molar-refractivity contribution in [3.8, 4) is 11.5 Å². The highest BCUT2D eigenvalue weighted by Crippen LogP contribution is 2.33. The summed E-state index contributed by atoms with van der Waals surface area (Å²) in [5, 5.41) is 4.42. The second-order valence-electron chi connectivity index (χ2n) is 6.39. The highest BCUT2D eigenvalue weighted by Gasteiger charge is 2.15. The van der Waals surface area contributed by atoms with Crippen molar-refractivity contribution in [1.29, 1.82) is 0 Å². The van der Waals surface area contributed by atoms with Gasteiger partial charge in [0.05, 0.1) is 18.9 Å². The van der Waals surface area contributed by atoms with Gasteiger partial charge in [0.1, 0.15) is 16.5 Å². The molecule has 3 aromatic rings. The highest BCUT2D eigenvalue weighted by atomic mass is 32.1. The number of ether oxygens (including phenoxy) is 3. The largest absolute Gasteiger partial charge is 0.469 e. The number of nitrogens with one attached hydrogen (secondary N) is 1. The molecule has 0 saturated heterocycles. The van der Waals surface area contributed by atoms with E-state index >= 15 is 0 Å². The Morgan fingerprint density at radius 2 is 2.11 bits per heavy atom. The highest BCUT2D eigenvalue weighted by molar-refractivity contribution is 7.18. The number of rotatable bonds is 7. The van der Waals surface area contributed by atoms with E-state index in [-0.39, 0.29) is 19.2 Å². The van der Waals surface area contributed by atoms with Crippen molar-refractivity contribution in [1.82, 2.24) is 9.97 Å². The lowest BCUT2D eigenvalue weighted by atomic mass is 10.2. The second-order valence-corrected chi connectivity index (χ2v) is 7.51. The molecule has 28 heavy (non-hydrogen) atoms. The van der Waals surface area contributed by atoms with Gasteiger partial charge in [0.2, 0.25) is 6.79 Å². The normalized spacial score (nSPS) is 12.4. The summed E-state index contributed by atoms with van der Waals surface area (Å²) in [7, 11) is 1.39. The van der Waals surface area contributed by atoms with Crippen molar-refractivity contribution in [2.24, 2.45) is 0 Å². The third-order valence-corrected chi connectivity index (χ3v) is 5.69. The minimum atomic E-state index is -0.265. The van der Waals surface area contributed by atoms with Gasteiger partial charge in [0.15, 0.2) is 11.5 Å². The van der Waals surface area contributed by atoms with E-state index in [0.717, 1.165) is 39.5 Å². The average molecular weight is 399 g/mol. The third kappa shape index (κ3) is 3.87. The fraction of sp³-hybridized carbons (Fsp3) is 0.350. The molecular formula is C20H21N3O4S. The van der Waals surface area contributed by atoms with Gasteiger partial charge in [-0.2, -0.15) is 0 Å². The molecule has 4 rings (SSSR count). The molecule has 0 aliphatic carbocycles. The molecule has 2 aromatic heterocycles. The number of esters is 1. The van der Waals surface area contributed by atoms with Gasteiger partial charge in [-0.15, -0.1) is 11.3 Å². The maximum atomic E-state index is 11.5. The molecule has 0 unspecified atom stereocenters. The third-order valence-electron chi connectivity index (χ3n) is 4.52. The molecule has 0 bridgehead atoms. The van der Waals surface area contributed by atoms with Gasteiger partial charge >= 0.3 is 5.97 Å². The zero-order valence-corrected chi connectivity index (χ0v) is 16.6. The van der Waals surface area contributed by atoms with Crippen molar-refractivity contribution >= 4 is 33.3 Å². The summed E-state index contributed by atoms with van der Waals surface area (Å²) in [5.74, 6) is 2.67. The predicted octanol–water partition coefficient (Wildman–Crippen LogP) is 3.70. The lowest BCUT2D eigenvalue weighted by molar-refractivity contribution is -0.140. The van der Waals surface area contributed by atoms with Gasteiger partial charge in [-0.05, 0) is 30.2 Å². The molecule has 1 aromatic carbocycles. The van der Waals surface area contributed by atoms with E-state index in [9.17, 15) is 4.79 Å². The molecule has 0 radical (unpaired) electrons. The van der Waals surface area contributed by atoms with E-state index in [1.54, 1.807) is 11.3 Å². The number of fused-ring (bicyclic) bond motifs is 2. The van der Waals surface area contributed by atoms with Crippen LogP contribution < -0.4 is 14.8 Å². The van der Waals surface area contributed by atoms with E-state index in [0.29, 0.717) is 18.8 Å². The van der Waals surface area contributed by atoms with Crippen LogP contribution in [0, 0.1) is 0 Å². The summed E-state index contributed by atoms with van der Waals surface area (Å²) >= 11 is 1.66. The average Bonchev–Trinajstić information content (AvgIpc) is 3.36. The molecule has 0 amide bonds. The van der Waals surface area contributed by atoms with Crippen molar-refractivity contribution in [3.05, 3.63) is 40.5 Å². The van der Waals surface area contributed by atoms with Crippen LogP contribution in [0.2, 0.25) is 0 Å². The SMILES string of the molecule is CCc1cc2c(NCc3ccc4c(c3)OCO4)nc(CCC(=O)OC)nc2s1. The lowest BCUT2D eigenvalue weighted by Crippen LogP contribution is -2.07. The van der Waals surface area contributed by atoms with Crippen LogP contribution >= 0.6 is 11.3 Å². The van der Waals surface area contributed by atoms with Gasteiger partial charge in [-0.1, -0.05) is 13.0 Å². The van der Waals surface area contributed by atoms with Crippen molar-refractivity contribution < 1.29 is 19.0 Å². The van der Waals surface area contributed by atoms with Gasteiger partial charge in [0.25, 0.3) is 0 Å². The fourth-order valence-corrected chi connectivity index (χ4v) is 3.97. The zero-order valence-electron chi connectivity index (χ0n) is 15.8. The van der Waals surface area contributed by atoms with Crippen molar-refractivity contribution in [2.75, 3.05) is 19.2 Å². The van der Waals surface area contributed by atoms with E-state index in [1.807, 2.05) is 18.2 Å². The summed E-state index contributed by atoms with van der Waals surface area (Å²) in [5.41, 5.74) is 1.07. The number of methoxy groups -OCH3 is 1. The molecule has 8 heteroatoms. The molecule has 146 valence electrons. The smallest absolute Gasteiger partial charge is 0.305 e. The molecule has 1 aliphatic heterocycles. The molecule has 0 atom stereocenters. The van der Waals surface area contributed by atoms with Crippen LogP contribution in [0.1, 0.15) is 29.6 Å². The fourth-order valence-electron chi connectivity index (χ4n) is 2.99. The van der Waals surface area contributed by atoms with Gasteiger partial charge < -0.3 is 19.5 Å². The number of carbonyl (C=O) groups excluding carboxylic acids is 1. The number of anilines is 1. The van der Waals surface area contributed by atoms with Crippen LogP contribution in [0.25, 0.3) is 10.2 Å². The van der Waals surface area contributed by atoms with E-state index in [1.165, 1.54) is 12.0 Å². The number of hydrogen-bond donors (Lipinski definition) is 1. The van der Waals surface area contributed by atoms with Gasteiger partial charge in [-0.25, -0.2) is 9.97 Å². The summed E-state index contributed by atoms with van der Waals surface area (Å²) < 4.78 is 15.5. The predicted molar refractivity (Wildman–Crippen MR) is 107 cm³/mol. The van der Waals surface area contributed by atoms with Crippen molar-refractivity contribution in [2.45, 2.75) is 32.7 Å².